The fraction of sp³-hybridized carbons (Fsp3) is 0.188. The summed E-state index contributed by atoms with van der Waals surface area (Å²) < 4.78 is 5.37. The van der Waals surface area contributed by atoms with Crippen LogP contribution in [0.2, 0.25) is 5.02 Å². The molecule has 0 heterocycles. The molecule has 0 unspecified atom stereocenters. The van der Waals surface area contributed by atoms with Crippen LogP contribution in [0.5, 0.6) is 5.75 Å². The van der Waals surface area contributed by atoms with Gasteiger partial charge in [0.25, 0.3) is 5.91 Å². The number of amides is 1. The van der Waals surface area contributed by atoms with Crippen molar-refractivity contribution in [2.75, 3.05) is 6.61 Å². The molecule has 1 N–H and O–H groups in total. The Kier molecular flexibility index (Phi) is 5.02. The number of hydrogen-bond acceptors (Lipinski definition) is 2. The number of aryl methyl sites for hydroxylation is 1. The highest BCUT2D eigenvalue weighted by Gasteiger charge is 2.04. The quantitative estimate of drug-likeness (QED) is 0.917. The molecule has 0 atom stereocenters. The van der Waals surface area contributed by atoms with Gasteiger partial charge in [0, 0.05) is 11.6 Å². The normalized spacial score (nSPS) is 10.1. The van der Waals surface area contributed by atoms with Crippen LogP contribution < -0.4 is 10.1 Å². The van der Waals surface area contributed by atoms with Gasteiger partial charge >= 0.3 is 0 Å². The van der Waals surface area contributed by atoms with Crippen LogP contribution in [-0.4, -0.2) is 12.5 Å². The summed E-state index contributed by atoms with van der Waals surface area (Å²) in [5.74, 6) is 0.428. The van der Waals surface area contributed by atoms with Crippen LogP contribution in [0.4, 0.5) is 0 Å². The molecule has 0 aliphatic rings. The van der Waals surface area contributed by atoms with Crippen molar-refractivity contribution in [3.8, 4) is 5.75 Å². The van der Waals surface area contributed by atoms with Gasteiger partial charge in [-0.05, 0) is 36.2 Å². The fourth-order valence-corrected chi connectivity index (χ4v) is 1.94. The van der Waals surface area contributed by atoms with E-state index in [1.54, 1.807) is 24.3 Å². The summed E-state index contributed by atoms with van der Waals surface area (Å²) in [6, 6.07) is 14.9. The zero-order valence-corrected chi connectivity index (χ0v) is 12.0. The third-order valence-corrected chi connectivity index (χ3v) is 3.14. The largest absolute Gasteiger partial charge is 0.484 e. The first-order valence-electron chi connectivity index (χ1n) is 6.35. The number of carbonyl (C=O) groups excluding carboxylic acids is 1. The molecular weight excluding hydrogens is 274 g/mol. The van der Waals surface area contributed by atoms with E-state index >= 15 is 0 Å². The Morgan fingerprint density at radius 3 is 2.75 bits per heavy atom. The third kappa shape index (κ3) is 4.28. The van der Waals surface area contributed by atoms with Crippen molar-refractivity contribution in [2.24, 2.45) is 0 Å². The summed E-state index contributed by atoms with van der Waals surface area (Å²) in [6.45, 7) is 2.50. The van der Waals surface area contributed by atoms with E-state index in [1.807, 2.05) is 31.2 Å². The Balaban J connectivity index is 1.80. The van der Waals surface area contributed by atoms with Gasteiger partial charge in [-0.2, -0.15) is 0 Å². The topological polar surface area (TPSA) is 38.3 Å². The Morgan fingerprint density at radius 2 is 2.00 bits per heavy atom. The lowest BCUT2D eigenvalue weighted by molar-refractivity contribution is -0.123. The average molecular weight is 290 g/mol. The first-order valence-corrected chi connectivity index (χ1v) is 6.72. The average Bonchev–Trinajstić information content (AvgIpc) is 2.44. The molecule has 0 radical (unpaired) electrons. The molecule has 0 aliphatic carbocycles. The van der Waals surface area contributed by atoms with Crippen molar-refractivity contribution in [1.82, 2.24) is 5.32 Å². The standard InChI is InChI=1S/C16H16ClNO2/c1-12-5-2-3-6-13(12)10-18-16(19)11-20-15-8-4-7-14(17)9-15/h2-9H,10-11H2,1H3,(H,18,19). The van der Waals surface area contributed by atoms with Crippen LogP contribution in [0.3, 0.4) is 0 Å². The SMILES string of the molecule is Cc1ccccc1CNC(=O)COc1cccc(Cl)c1. The smallest absolute Gasteiger partial charge is 0.258 e. The predicted octanol–water partition coefficient (Wildman–Crippen LogP) is 3.34. The maximum absolute atomic E-state index is 11.7. The van der Waals surface area contributed by atoms with E-state index in [9.17, 15) is 4.79 Å². The van der Waals surface area contributed by atoms with Gasteiger partial charge in [-0.25, -0.2) is 0 Å². The molecule has 104 valence electrons. The van der Waals surface area contributed by atoms with Crippen LogP contribution in [-0.2, 0) is 11.3 Å². The van der Waals surface area contributed by atoms with E-state index in [-0.39, 0.29) is 12.5 Å². The van der Waals surface area contributed by atoms with Crippen LogP contribution in [0.25, 0.3) is 0 Å². The first-order chi connectivity index (χ1) is 9.65. The summed E-state index contributed by atoms with van der Waals surface area (Å²) in [5, 5.41) is 3.41. The van der Waals surface area contributed by atoms with Crippen molar-refractivity contribution in [1.29, 1.82) is 0 Å². The van der Waals surface area contributed by atoms with Gasteiger partial charge in [0.05, 0.1) is 0 Å². The van der Waals surface area contributed by atoms with Crippen molar-refractivity contribution in [3.63, 3.8) is 0 Å². The Bertz CT molecular complexity index is 599. The molecule has 0 saturated heterocycles. The number of rotatable bonds is 5. The molecule has 2 aromatic carbocycles. The lowest BCUT2D eigenvalue weighted by Gasteiger charge is -2.09. The second kappa shape index (κ2) is 6.96. The maximum atomic E-state index is 11.7. The monoisotopic (exact) mass is 289 g/mol. The second-order valence-corrected chi connectivity index (χ2v) is 4.89. The summed E-state index contributed by atoms with van der Waals surface area (Å²) in [7, 11) is 0. The van der Waals surface area contributed by atoms with Gasteiger partial charge in [-0.3, -0.25) is 4.79 Å². The Morgan fingerprint density at radius 1 is 1.20 bits per heavy atom. The maximum Gasteiger partial charge on any atom is 0.258 e. The van der Waals surface area contributed by atoms with Crippen LogP contribution >= 0.6 is 11.6 Å². The summed E-state index contributed by atoms with van der Waals surface area (Å²) >= 11 is 5.84. The molecule has 20 heavy (non-hydrogen) atoms. The molecule has 3 nitrogen and oxygen atoms in total. The molecule has 0 bridgehead atoms. The van der Waals surface area contributed by atoms with Crippen molar-refractivity contribution in [2.45, 2.75) is 13.5 Å². The van der Waals surface area contributed by atoms with Crippen molar-refractivity contribution < 1.29 is 9.53 Å². The van der Waals surface area contributed by atoms with E-state index in [2.05, 4.69) is 5.32 Å². The summed E-state index contributed by atoms with van der Waals surface area (Å²) in [4.78, 5) is 11.7. The highest BCUT2D eigenvalue weighted by Crippen LogP contribution is 2.16. The van der Waals surface area contributed by atoms with Crippen molar-refractivity contribution in [3.05, 3.63) is 64.7 Å². The molecule has 0 saturated carbocycles. The number of carbonyl (C=O) groups is 1. The van der Waals surface area contributed by atoms with E-state index in [0.29, 0.717) is 17.3 Å². The number of nitrogens with one attached hydrogen (secondary N) is 1. The van der Waals surface area contributed by atoms with Crippen molar-refractivity contribution >= 4 is 17.5 Å². The van der Waals surface area contributed by atoms with E-state index in [1.165, 1.54) is 0 Å². The van der Waals surface area contributed by atoms with Gasteiger partial charge in [-0.15, -0.1) is 0 Å². The number of hydrogen-bond donors (Lipinski definition) is 1. The van der Waals surface area contributed by atoms with Gasteiger partial charge in [0.1, 0.15) is 5.75 Å². The zero-order valence-electron chi connectivity index (χ0n) is 11.2. The minimum absolute atomic E-state index is 0.0216. The second-order valence-electron chi connectivity index (χ2n) is 4.45. The Hall–Kier alpha value is -2.00. The number of ether oxygens (including phenoxy) is 1. The lowest BCUT2D eigenvalue weighted by atomic mass is 10.1. The zero-order chi connectivity index (χ0) is 14.4. The molecule has 1 amide bonds. The van der Waals surface area contributed by atoms with Crippen LogP contribution in [0.1, 0.15) is 11.1 Å². The summed E-state index contributed by atoms with van der Waals surface area (Å²) in [5.41, 5.74) is 2.26. The van der Waals surface area contributed by atoms with Crippen LogP contribution in [0, 0.1) is 6.92 Å². The Labute approximate surface area is 123 Å². The first kappa shape index (κ1) is 14.4. The number of halogens is 1. The summed E-state index contributed by atoms with van der Waals surface area (Å²) in [6.07, 6.45) is 0. The highest BCUT2D eigenvalue weighted by atomic mass is 35.5. The lowest BCUT2D eigenvalue weighted by Crippen LogP contribution is -2.28. The minimum Gasteiger partial charge on any atom is -0.484 e. The molecule has 0 fully saturated rings. The molecule has 0 spiro atoms. The predicted molar refractivity (Wildman–Crippen MR) is 80.0 cm³/mol. The molecule has 0 aromatic heterocycles. The van der Waals surface area contributed by atoms with E-state index < -0.39 is 0 Å². The van der Waals surface area contributed by atoms with Crippen LogP contribution in [0.15, 0.2) is 48.5 Å². The molecule has 2 aromatic rings. The fourth-order valence-electron chi connectivity index (χ4n) is 1.76. The molecule has 2 rings (SSSR count). The van der Waals surface area contributed by atoms with Gasteiger partial charge in [-0.1, -0.05) is 41.9 Å². The molecule has 4 heteroatoms. The van der Waals surface area contributed by atoms with Gasteiger partial charge in [0.15, 0.2) is 6.61 Å². The third-order valence-electron chi connectivity index (χ3n) is 2.90. The number of benzene rings is 2. The van der Waals surface area contributed by atoms with Gasteiger partial charge < -0.3 is 10.1 Å². The molecule has 0 aliphatic heterocycles. The highest BCUT2D eigenvalue weighted by molar-refractivity contribution is 6.30. The molecular formula is C16H16ClNO2. The minimum atomic E-state index is -0.159. The van der Waals surface area contributed by atoms with E-state index in [0.717, 1.165) is 11.1 Å². The van der Waals surface area contributed by atoms with E-state index in [4.69, 9.17) is 16.3 Å². The van der Waals surface area contributed by atoms with Gasteiger partial charge in [0.2, 0.25) is 0 Å².